The van der Waals surface area contributed by atoms with E-state index in [1.165, 1.54) is 12.1 Å². The summed E-state index contributed by atoms with van der Waals surface area (Å²) < 4.78 is 19.7. The molecule has 1 N–H and O–H groups in total. The lowest BCUT2D eigenvalue weighted by molar-refractivity contribution is 0.0724. The molecule has 18 heavy (non-hydrogen) atoms. The molecule has 0 aromatic heterocycles. The van der Waals surface area contributed by atoms with Crippen LogP contribution in [0.1, 0.15) is 30.6 Å². The minimum absolute atomic E-state index is 0.0460. The second-order valence-corrected chi connectivity index (χ2v) is 5.67. The van der Waals surface area contributed by atoms with Gasteiger partial charge in [0.1, 0.15) is 5.82 Å². The van der Waals surface area contributed by atoms with Crippen molar-refractivity contribution in [2.75, 3.05) is 6.61 Å². The van der Waals surface area contributed by atoms with Gasteiger partial charge in [0.05, 0.1) is 17.2 Å². The van der Waals surface area contributed by atoms with Crippen LogP contribution >= 0.6 is 15.9 Å². The standard InChI is InChI=1S/C13H15BrFNO2/c1-8-13(2,5-6-18-8)16-12(17)10-7-9(14)3-4-11(10)15/h3-4,7-8H,5-6H2,1-2H3,(H,16,17). The Labute approximate surface area is 114 Å². The summed E-state index contributed by atoms with van der Waals surface area (Å²) in [6, 6.07) is 4.32. The fourth-order valence-electron chi connectivity index (χ4n) is 2.00. The van der Waals surface area contributed by atoms with Crippen molar-refractivity contribution >= 4 is 21.8 Å². The predicted octanol–water partition coefficient (Wildman–Crippen LogP) is 2.89. The Hall–Kier alpha value is -0.940. The Kier molecular flexibility index (Phi) is 3.73. The highest BCUT2D eigenvalue weighted by Gasteiger charge is 2.38. The van der Waals surface area contributed by atoms with Crippen LogP contribution in [-0.4, -0.2) is 24.2 Å². The van der Waals surface area contributed by atoms with Crippen LogP contribution < -0.4 is 5.32 Å². The highest BCUT2D eigenvalue weighted by Crippen LogP contribution is 2.26. The molecule has 0 spiro atoms. The van der Waals surface area contributed by atoms with E-state index >= 15 is 0 Å². The van der Waals surface area contributed by atoms with E-state index in [1.54, 1.807) is 6.07 Å². The minimum Gasteiger partial charge on any atom is -0.376 e. The van der Waals surface area contributed by atoms with Gasteiger partial charge in [0.15, 0.2) is 0 Å². The van der Waals surface area contributed by atoms with Crippen molar-refractivity contribution < 1.29 is 13.9 Å². The second kappa shape index (κ2) is 4.97. The SMILES string of the molecule is CC1OCCC1(C)NC(=O)c1cc(Br)ccc1F. The summed E-state index contributed by atoms with van der Waals surface area (Å²) in [6.45, 7) is 4.43. The first-order valence-corrected chi connectivity index (χ1v) is 6.61. The fraction of sp³-hybridized carbons (Fsp3) is 0.462. The van der Waals surface area contributed by atoms with Gasteiger partial charge in [-0.05, 0) is 38.5 Å². The van der Waals surface area contributed by atoms with Gasteiger partial charge in [0, 0.05) is 11.1 Å². The second-order valence-electron chi connectivity index (χ2n) is 4.76. The molecule has 1 saturated heterocycles. The van der Waals surface area contributed by atoms with Gasteiger partial charge in [-0.15, -0.1) is 0 Å². The van der Waals surface area contributed by atoms with Crippen molar-refractivity contribution in [3.63, 3.8) is 0 Å². The highest BCUT2D eigenvalue weighted by atomic mass is 79.9. The average Bonchev–Trinajstić information content (AvgIpc) is 2.62. The smallest absolute Gasteiger partial charge is 0.254 e. The van der Waals surface area contributed by atoms with Crippen molar-refractivity contribution in [1.82, 2.24) is 5.32 Å². The molecule has 1 aromatic carbocycles. The quantitative estimate of drug-likeness (QED) is 0.911. The fourth-order valence-corrected chi connectivity index (χ4v) is 2.36. The summed E-state index contributed by atoms with van der Waals surface area (Å²) in [6.07, 6.45) is 0.659. The maximum Gasteiger partial charge on any atom is 0.254 e. The molecule has 0 radical (unpaired) electrons. The van der Waals surface area contributed by atoms with Crippen LogP contribution in [-0.2, 0) is 4.74 Å². The lowest BCUT2D eigenvalue weighted by Gasteiger charge is -2.29. The number of nitrogens with one attached hydrogen (secondary N) is 1. The zero-order valence-electron chi connectivity index (χ0n) is 10.3. The Morgan fingerprint density at radius 1 is 1.61 bits per heavy atom. The van der Waals surface area contributed by atoms with Crippen molar-refractivity contribution in [2.45, 2.75) is 31.9 Å². The van der Waals surface area contributed by atoms with E-state index < -0.39 is 17.3 Å². The Balaban J connectivity index is 2.19. The van der Waals surface area contributed by atoms with E-state index in [0.717, 1.165) is 6.42 Å². The minimum atomic E-state index is -0.522. The van der Waals surface area contributed by atoms with Gasteiger partial charge in [-0.2, -0.15) is 0 Å². The van der Waals surface area contributed by atoms with E-state index in [9.17, 15) is 9.18 Å². The molecule has 1 fully saturated rings. The van der Waals surface area contributed by atoms with Crippen molar-refractivity contribution in [2.24, 2.45) is 0 Å². The first kappa shape index (κ1) is 13.5. The zero-order valence-corrected chi connectivity index (χ0v) is 11.9. The third-order valence-corrected chi connectivity index (χ3v) is 3.95. The van der Waals surface area contributed by atoms with Gasteiger partial charge in [-0.1, -0.05) is 15.9 Å². The molecule has 0 aliphatic carbocycles. The summed E-state index contributed by atoms with van der Waals surface area (Å²) in [5, 5.41) is 2.86. The Bertz CT molecular complexity index is 480. The first-order chi connectivity index (χ1) is 8.42. The van der Waals surface area contributed by atoms with E-state index in [4.69, 9.17) is 4.74 Å². The van der Waals surface area contributed by atoms with Crippen LogP contribution in [0.25, 0.3) is 0 Å². The molecule has 1 aromatic rings. The van der Waals surface area contributed by atoms with Gasteiger partial charge in [-0.25, -0.2) is 4.39 Å². The average molecular weight is 316 g/mol. The summed E-state index contributed by atoms with van der Waals surface area (Å²) in [5.74, 6) is -0.931. The monoisotopic (exact) mass is 315 g/mol. The number of hydrogen-bond acceptors (Lipinski definition) is 2. The number of ether oxygens (including phenoxy) is 1. The van der Waals surface area contributed by atoms with Gasteiger partial charge in [0.25, 0.3) is 5.91 Å². The number of halogens is 2. The molecule has 3 nitrogen and oxygen atoms in total. The molecule has 98 valence electrons. The van der Waals surface area contributed by atoms with Crippen LogP contribution in [0.15, 0.2) is 22.7 Å². The summed E-state index contributed by atoms with van der Waals surface area (Å²) >= 11 is 3.23. The molecular formula is C13H15BrFNO2. The number of carbonyl (C=O) groups excluding carboxylic acids is 1. The third-order valence-electron chi connectivity index (χ3n) is 3.46. The number of amides is 1. The number of hydrogen-bond donors (Lipinski definition) is 1. The van der Waals surface area contributed by atoms with Crippen LogP contribution in [0.5, 0.6) is 0 Å². The summed E-state index contributed by atoms with van der Waals surface area (Å²) in [7, 11) is 0. The predicted molar refractivity (Wildman–Crippen MR) is 70.0 cm³/mol. The van der Waals surface area contributed by atoms with Crippen LogP contribution in [0.4, 0.5) is 4.39 Å². The Morgan fingerprint density at radius 3 is 2.94 bits per heavy atom. The molecule has 1 aliphatic heterocycles. The highest BCUT2D eigenvalue weighted by molar-refractivity contribution is 9.10. The van der Waals surface area contributed by atoms with Crippen LogP contribution in [0, 0.1) is 5.82 Å². The third kappa shape index (κ3) is 2.57. The number of carbonyl (C=O) groups is 1. The molecule has 0 bridgehead atoms. The molecule has 2 unspecified atom stereocenters. The molecule has 1 aliphatic rings. The van der Waals surface area contributed by atoms with E-state index in [1.807, 2.05) is 13.8 Å². The molecule has 0 saturated carbocycles. The maximum absolute atomic E-state index is 13.6. The molecule has 2 rings (SSSR count). The lowest BCUT2D eigenvalue weighted by atomic mass is 9.94. The molecule has 1 heterocycles. The summed E-state index contributed by atoms with van der Waals surface area (Å²) in [5.41, 5.74) is -0.393. The Morgan fingerprint density at radius 2 is 2.33 bits per heavy atom. The maximum atomic E-state index is 13.6. The number of benzene rings is 1. The lowest BCUT2D eigenvalue weighted by Crippen LogP contribution is -2.50. The number of rotatable bonds is 2. The van der Waals surface area contributed by atoms with E-state index in [-0.39, 0.29) is 11.7 Å². The normalized spacial score (nSPS) is 27.2. The van der Waals surface area contributed by atoms with Gasteiger partial charge < -0.3 is 10.1 Å². The zero-order chi connectivity index (χ0) is 13.3. The first-order valence-electron chi connectivity index (χ1n) is 5.81. The topological polar surface area (TPSA) is 38.3 Å². The van der Waals surface area contributed by atoms with Crippen LogP contribution in [0.2, 0.25) is 0 Å². The van der Waals surface area contributed by atoms with E-state index in [2.05, 4.69) is 21.2 Å². The van der Waals surface area contributed by atoms with Crippen LogP contribution in [0.3, 0.4) is 0 Å². The van der Waals surface area contributed by atoms with Crippen molar-refractivity contribution in [3.8, 4) is 0 Å². The molecule has 1 amide bonds. The van der Waals surface area contributed by atoms with E-state index in [0.29, 0.717) is 11.1 Å². The largest absolute Gasteiger partial charge is 0.376 e. The molecular weight excluding hydrogens is 301 g/mol. The van der Waals surface area contributed by atoms with Crippen molar-refractivity contribution in [3.05, 3.63) is 34.1 Å². The van der Waals surface area contributed by atoms with Gasteiger partial charge in [-0.3, -0.25) is 4.79 Å². The molecule has 5 heteroatoms. The van der Waals surface area contributed by atoms with Crippen molar-refractivity contribution in [1.29, 1.82) is 0 Å². The molecule has 2 atom stereocenters. The summed E-state index contributed by atoms with van der Waals surface area (Å²) in [4.78, 5) is 12.1. The van der Waals surface area contributed by atoms with Gasteiger partial charge in [0.2, 0.25) is 0 Å². The van der Waals surface area contributed by atoms with Gasteiger partial charge >= 0.3 is 0 Å².